The summed E-state index contributed by atoms with van der Waals surface area (Å²) in [4.78, 5) is 2.92. The molecular formula is C18H6Cl3F2NO2. The summed E-state index contributed by atoms with van der Waals surface area (Å²) in [5.41, 5.74) is 1.19. The van der Waals surface area contributed by atoms with Crippen molar-refractivity contribution in [3.63, 3.8) is 0 Å². The first-order valence-corrected chi connectivity index (χ1v) is 8.53. The van der Waals surface area contributed by atoms with Gasteiger partial charge in [0.25, 0.3) is 0 Å². The van der Waals surface area contributed by atoms with E-state index in [4.69, 9.17) is 39.2 Å². The molecule has 0 aliphatic carbocycles. The van der Waals surface area contributed by atoms with Crippen molar-refractivity contribution in [2.45, 2.75) is 0 Å². The van der Waals surface area contributed by atoms with Crippen molar-refractivity contribution in [3.05, 3.63) is 51.0 Å². The summed E-state index contributed by atoms with van der Waals surface area (Å²) in [7, 11) is 0. The summed E-state index contributed by atoms with van der Waals surface area (Å²) in [6.45, 7) is 0. The SMILES string of the molecule is Oc1c(Cl)c(Cl)c2c(oc3c2ccc2[nH]c4c(F)cc(F)cc4c23)c1Cl. The first-order valence-electron chi connectivity index (χ1n) is 7.39. The fourth-order valence-corrected chi connectivity index (χ4v) is 4.10. The predicted molar refractivity (Wildman–Crippen MR) is 99.7 cm³/mol. The van der Waals surface area contributed by atoms with Gasteiger partial charge in [0, 0.05) is 16.8 Å². The molecule has 0 amide bonds. The van der Waals surface area contributed by atoms with Gasteiger partial charge in [-0.05, 0) is 18.2 Å². The van der Waals surface area contributed by atoms with Gasteiger partial charge in [-0.1, -0.05) is 34.8 Å². The molecular weight excluding hydrogens is 407 g/mol. The number of phenols is 1. The van der Waals surface area contributed by atoms with Crippen LogP contribution < -0.4 is 0 Å². The van der Waals surface area contributed by atoms with Gasteiger partial charge in [-0.15, -0.1) is 0 Å². The molecule has 130 valence electrons. The molecule has 0 aliphatic heterocycles. The predicted octanol–water partition coefficient (Wildman–Crippen LogP) is 7.16. The number of aromatic nitrogens is 1. The second-order valence-corrected chi connectivity index (χ2v) is 7.03. The van der Waals surface area contributed by atoms with Gasteiger partial charge in [-0.3, -0.25) is 0 Å². The maximum Gasteiger partial charge on any atom is 0.159 e. The Morgan fingerprint density at radius 3 is 2.42 bits per heavy atom. The Balaban J connectivity index is 2.10. The van der Waals surface area contributed by atoms with Gasteiger partial charge < -0.3 is 14.5 Å². The highest BCUT2D eigenvalue weighted by Gasteiger charge is 2.24. The Hall–Kier alpha value is -2.21. The molecule has 0 radical (unpaired) electrons. The number of hydrogen-bond acceptors (Lipinski definition) is 2. The molecule has 0 unspecified atom stereocenters. The minimum absolute atomic E-state index is 0.0823. The Labute approximate surface area is 158 Å². The highest BCUT2D eigenvalue weighted by Crippen LogP contribution is 2.49. The van der Waals surface area contributed by atoms with E-state index in [9.17, 15) is 13.9 Å². The molecule has 0 atom stereocenters. The van der Waals surface area contributed by atoms with E-state index >= 15 is 0 Å². The molecule has 0 bridgehead atoms. The largest absolute Gasteiger partial charge is 0.505 e. The van der Waals surface area contributed by atoms with Crippen molar-refractivity contribution in [2.75, 3.05) is 0 Å². The summed E-state index contributed by atoms with van der Waals surface area (Å²) < 4.78 is 33.8. The Bertz CT molecular complexity index is 1400. The summed E-state index contributed by atoms with van der Waals surface area (Å²) in [6.07, 6.45) is 0. The van der Waals surface area contributed by atoms with Crippen molar-refractivity contribution in [1.82, 2.24) is 4.98 Å². The van der Waals surface area contributed by atoms with Gasteiger partial charge in [0.1, 0.15) is 27.3 Å². The second-order valence-electron chi connectivity index (χ2n) is 5.90. The summed E-state index contributed by atoms with van der Waals surface area (Å²) in [5, 5.41) is 11.7. The standard InChI is InChI=1S/C18H6Cl3F2NO2/c19-12-11-6-1-2-9-10(7-3-5(22)4-8(23)15(7)24-9)17(6)26-18(11)14(21)16(25)13(12)20/h1-4,24-25H. The molecule has 3 nitrogen and oxygen atoms in total. The van der Waals surface area contributed by atoms with Crippen LogP contribution in [0.2, 0.25) is 15.1 Å². The number of hydrogen-bond donors (Lipinski definition) is 2. The lowest BCUT2D eigenvalue weighted by atomic mass is 10.1. The van der Waals surface area contributed by atoms with E-state index in [1.54, 1.807) is 12.1 Å². The summed E-state index contributed by atoms with van der Waals surface area (Å²) in [5.74, 6) is -1.81. The average molecular weight is 413 g/mol. The second kappa shape index (κ2) is 5.16. The molecule has 3 aromatic carbocycles. The van der Waals surface area contributed by atoms with Crippen molar-refractivity contribution in [1.29, 1.82) is 0 Å². The molecule has 0 fully saturated rings. The van der Waals surface area contributed by atoms with Crippen LogP contribution in [0.5, 0.6) is 5.75 Å². The third-order valence-corrected chi connectivity index (χ3v) is 5.66. The number of rotatable bonds is 0. The maximum atomic E-state index is 14.1. The normalized spacial score (nSPS) is 12.2. The molecule has 5 aromatic rings. The van der Waals surface area contributed by atoms with Gasteiger partial charge in [0.05, 0.1) is 26.8 Å². The lowest BCUT2D eigenvalue weighted by molar-refractivity contribution is 0.475. The lowest BCUT2D eigenvalue weighted by Crippen LogP contribution is -1.80. The maximum absolute atomic E-state index is 14.1. The third kappa shape index (κ3) is 1.88. The van der Waals surface area contributed by atoms with E-state index in [1.165, 1.54) is 6.07 Å². The number of furan rings is 1. The van der Waals surface area contributed by atoms with E-state index in [-0.39, 0.29) is 26.2 Å². The van der Waals surface area contributed by atoms with Crippen LogP contribution in [0.3, 0.4) is 0 Å². The Morgan fingerprint density at radius 2 is 1.65 bits per heavy atom. The van der Waals surface area contributed by atoms with Crippen LogP contribution in [0, 0.1) is 11.6 Å². The molecule has 0 saturated carbocycles. The van der Waals surface area contributed by atoms with Crippen LogP contribution >= 0.6 is 34.8 Å². The van der Waals surface area contributed by atoms with E-state index in [0.717, 1.165) is 6.07 Å². The molecule has 26 heavy (non-hydrogen) atoms. The van der Waals surface area contributed by atoms with Crippen molar-refractivity contribution in [3.8, 4) is 5.75 Å². The molecule has 2 aromatic heterocycles. The third-order valence-electron chi connectivity index (χ3n) is 4.47. The zero-order valence-corrected chi connectivity index (χ0v) is 14.8. The van der Waals surface area contributed by atoms with E-state index in [0.29, 0.717) is 32.6 Å². The van der Waals surface area contributed by atoms with E-state index in [2.05, 4.69) is 4.98 Å². The first-order chi connectivity index (χ1) is 12.4. The number of benzene rings is 3. The Morgan fingerprint density at radius 1 is 0.885 bits per heavy atom. The number of aromatic amines is 1. The zero-order chi connectivity index (χ0) is 18.3. The van der Waals surface area contributed by atoms with Gasteiger partial charge >= 0.3 is 0 Å². The average Bonchev–Trinajstić information content (AvgIpc) is 3.16. The molecule has 2 heterocycles. The number of H-pyrrole nitrogens is 1. The van der Waals surface area contributed by atoms with E-state index in [1.807, 2.05) is 0 Å². The van der Waals surface area contributed by atoms with Gasteiger partial charge in [0.2, 0.25) is 0 Å². The van der Waals surface area contributed by atoms with Crippen LogP contribution in [-0.4, -0.2) is 10.1 Å². The summed E-state index contributed by atoms with van der Waals surface area (Å²) >= 11 is 18.5. The van der Waals surface area contributed by atoms with Gasteiger partial charge in [-0.2, -0.15) is 0 Å². The van der Waals surface area contributed by atoms with Crippen LogP contribution in [0.4, 0.5) is 8.78 Å². The first kappa shape index (κ1) is 16.0. The monoisotopic (exact) mass is 411 g/mol. The molecule has 0 spiro atoms. The fraction of sp³-hybridized carbons (Fsp3) is 0. The smallest absolute Gasteiger partial charge is 0.159 e. The number of nitrogens with one attached hydrogen (secondary N) is 1. The van der Waals surface area contributed by atoms with Crippen LogP contribution in [0.1, 0.15) is 0 Å². The quantitative estimate of drug-likeness (QED) is 0.265. The van der Waals surface area contributed by atoms with Crippen LogP contribution in [0.15, 0.2) is 28.7 Å². The minimum Gasteiger partial charge on any atom is -0.505 e. The van der Waals surface area contributed by atoms with Crippen molar-refractivity contribution in [2.24, 2.45) is 0 Å². The number of phenolic OH excluding ortho intramolecular Hbond substituents is 1. The van der Waals surface area contributed by atoms with Crippen LogP contribution in [0.25, 0.3) is 43.7 Å². The molecule has 2 N–H and O–H groups in total. The number of fused-ring (bicyclic) bond motifs is 7. The van der Waals surface area contributed by atoms with Gasteiger partial charge in [0.15, 0.2) is 11.3 Å². The van der Waals surface area contributed by atoms with Crippen molar-refractivity contribution >= 4 is 78.5 Å². The van der Waals surface area contributed by atoms with Crippen LogP contribution in [-0.2, 0) is 0 Å². The van der Waals surface area contributed by atoms with E-state index < -0.39 is 17.4 Å². The van der Waals surface area contributed by atoms with Gasteiger partial charge in [-0.25, -0.2) is 8.78 Å². The topological polar surface area (TPSA) is 49.2 Å². The summed E-state index contributed by atoms with van der Waals surface area (Å²) in [6, 6.07) is 5.44. The zero-order valence-electron chi connectivity index (χ0n) is 12.6. The molecule has 0 saturated heterocycles. The minimum atomic E-state index is -0.711. The molecule has 8 heteroatoms. The number of aromatic hydroxyl groups is 1. The lowest BCUT2D eigenvalue weighted by Gasteiger charge is -2.03. The molecule has 5 rings (SSSR count). The highest BCUT2D eigenvalue weighted by molar-refractivity contribution is 6.50. The Kier molecular flexibility index (Phi) is 3.18. The fourth-order valence-electron chi connectivity index (χ4n) is 3.36. The van der Waals surface area contributed by atoms with Crippen molar-refractivity contribution < 1.29 is 18.3 Å². The number of halogens is 5. The molecule has 0 aliphatic rings. The highest BCUT2D eigenvalue weighted by atomic mass is 35.5.